The van der Waals surface area contributed by atoms with Crippen molar-refractivity contribution in [1.82, 2.24) is 0 Å². The van der Waals surface area contributed by atoms with Gasteiger partial charge in [-0.1, -0.05) is 32.0 Å². The average Bonchev–Trinajstić information content (AvgIpc) is 3.05. The predicted molar refractivity (Wildman–Crippen MR) is 88.3 cm³/mol. The van der Waals surface area contributed by atoms with Crippen LogP contribution >= 0.6 is 0 Å². The zero-order valence-electron chi connectivity index (χ0n) is 13.5. The quantitative estimate of drug-likeness (QED) is 0.699. The molecule has 3 aliphatic carbocycles. The van der Waals surface area contributed by atoms with Crippen molar-refractivity contribution >= 4 is 10.8 Å². The Morgan fingerprint density at radius 1 is 1.04 bits per heavy atom. The average molecular weight is 310 g/mol. The van der Waals surface area contributed by atoms with Crippen LogP contribution in [0.5, 0.6) is 5.75 Å². The number of aliphatic hydroxyl groups excluding tert-OH is 2. The van der Waals surface area contributed by atoms with Crippen LogP contribution in [-0.4, -0.2) is 21.4 Å². The molecule has 23 heavy (non-hydrogen) atoms. The van der Waals surface area contributed by atoms with Gasteiger partial charge < -0.3 is 15.3 Å². The van der Waals surface area contributed by atoms with Gasteiger partial charge in [0.25, 0.3) is 0 Å². The van der Waals surface area contributed by atoms with Crippen molar-refractivity contribution in [3.8, 4) is 5.75 Å². The van der Waals surface area contributed by atoms with Gasteiger partial charge in [0.2, 0.25) is 0 Å². The molecule has 2 aromatic rings. The molecular formula is C20H22O3. The second-order valence-corrected chi connectivity index (χ2v) is 8.43. The molecule has 1 spiro atoms. The van der Waals surface area contributed by atoms with Crippen molar-refractivity contribution in [2.24, 2.45) is 10.8 Å². The third-order valence-corrected chi connectivity index (χ3v) is 7.37. The van der Waals surface area contributed by atoms with Gasteiger partial charge in [0.05, 0.1) is 12.2 Å². The molecule has 0 amide bonds. The molecule has 0 bridgehead atoms. The van der Waals surface area contributed by atoms with E-state index in [1.165, 1.54) is 5.56 Å². The van der Waals surface area contributed by atoms with E-state index in [1.54, 1.807) is 12.1 Å². The Morgan fingerprint density at radius 2 is 1.83 bits per heavy atom. The van der Waals surface area contributed by atoms with Crippen LogP contribution in [-0.2, 0) is 5.41 Å². The van der Waals surface area contributed by atoms with Crippen molar-refractivity contribution in [1.29, 1.82) is 0 Å². The zero-order chi connectivity index (χ0) is 16.2. The summed E-state index contributed by atoms with van der Waals surface area (Å²) in [5.41, 5.74) is 2.10. The van der Waals surface area contributed by atoms with Crippen molar-refractivity contribution < 1.29 is 15.3 Å². The fourth-order valence-electron chi connectivity index (χ4n) is 6.23. The number of aliphatic hydroxyl groups is 2. The zero-order valence-corrected chi connectivity index (χ0v) is 13.5. The van der Waals surface area contributed by atoms with Crippen LogP contribution in [0.3, 0.4) is 0 Å². The van der Waals surface area contributed by atoms with E-state index in [2.05, 4.69) is 19.9 Å². The SMILES string of the molecule is C[C@]12C[C@H](O)[C@@]3(C)C[C@H](O)c4c(ccc5cc(O)ccc45)[C@]13C2. The monoisotopic (exact) mass is 310 g/mol. The molecule has 3 aliphatic rings. The Balaban J connectivity index is 1.85. The molecule has 0 radical (unpaired) electrons. The number of aromatic hydroxyl groups is 1. The summed E-state index contributed by atoms with van der Waals surface area (Å²) < 4.78 is 0. The summed E-state index contributed by atoms with van der Waals surface area (Å²) >= 11 is 0. The van der Waals surface area contributed by atoms with E-state index in [9.17, 15) is 15.3 Å². The maximum absolute atomic E-state index is 10.9. The van der Waals surface area contributed by atoms with Gasteiger partial charge in [-0.05, 0) is 58.7 Å². The summed E-state index contributed by atoms with van der Waals surface area (Å²) in [6.07, 6.45) is 1.61. The van der Waals surface area contributed by atoms with Crippen LogP contribution in [0.15, 0.2) is 30.3 Å². The molecule has 0 aliphatic heterocycles. The first-order valence-corrected chi connectivity index (χ1v) is 8.45. The van der Waals surface area contributed by atoms with Crippen LogP contribution in [0.4, 0.5) is 0 Å². The van der Waals surface area contributed by atoms with Gasteiger partial charge in [0, 0.05) is 10.8 Å². The first kappa shape index (κ1) is 13.8. The van der Waals surface area contributed by atoms with Gasteiger partial charge in [0.15, 0.2) is 0 Å². The fourth-order valence-corrected chi connectivity index (χ4v) is 6.23. The maximum atomic E-state index is 10.9. The van der Waals surface area contributed by atoms with E-state index in [4.69, 9.17) is 0 Å². The number of phenolic OH excluding ortho intramolecular Hbond substituents is 1. The molecule has 120 valence electrons. The Bertz CT molecular complexity index is 859. The van der Waals surface area contributed by atoms with Gasteiger partial charge in [-0.25, -0.2) is 0 Å². The third kappa shape index (κ3) is 1.32. The highest BCUT2D eigenvalue weighted by Crippen LogP contribution is 2.83. The summed E-state index contributed by atoms with van der Waals surface area (Å²) in [6, 6.07) is 9.53. The molecule has 0 saturated heterocycles. The van der Waals surface area contributed by atoms with Crippen molar-refractivity contribution in [3.63, 3.8) is 0 Å². The summed E-state index contributed by atoms with van der Waals surface area (Å²) in [6.45, 7) is 4.44. The van der Waals surface area contributed by atoms with Crippen molar-refractivity contribution in [2.75, 3.05) is 0 Å². The Labute approximate surface area is 135 Å². The van der Waals surface area contributed by atoms with Crippen LogP contribution in [0.1, 0.15) is 50.3 Å². The highest BCUT2D eigenvalue weighted by molar-refractivity contribution is 5.89. The molecule has 5 rings (SSSR count). The fraction of sp³-hybridized carbons (Fsp3) is 0.500. The lowest BCUT2D eigenvalue weighted by Crippen LogP contribution is -2.44. The van der Waals surface area contributed by atoms with Crippen LogP contribution in [0, 0.1) is 10.8 Å². The van der Waals surface area contributed by atoms with Crippen molar-refractivity contribution in [3.05, 3.63) is 41.5 Å². The topological polar surface area (TPSA) is 60.7 Å². The molecule has 2 saturated carbocycles. The number of rotatable bonds is 0. The first-order valence-electron chi connectivity index (χ1n) is 8.45. The lowest BCUT2D eigenvalue weighted by molar-refractivity contribution is -0.0191. The summed E-state index contributed by atoms with van der Waals surface area (Å²) in [5.74, 6) is 0.248. The number of benzene rings is 2. The van der Waals surface area contributed by atoms with Gasteiger partial charge in [-0.3, -0.25) is 0 Å². The molecule has 3 heteroatoms. The molecular weight excluding hydrogens is 288 g/mol. The molecule has 2 fully saturated rings. The minimum atomic E-state index is -0.563. The number of fused-ring (bicyclic) bond motifs is 3. The highest BCUT2D eigenvalue weighted by Gasteiger charge is 2.81. The Morgan fingerprint density at radius 3 is 2.61 bits per heavy atom. The highest BCUT2D eigenvalue weighted by atomic mass is 16.3. The first-order chi connectivity index (χ1) is 10.8. The molecule has 0 heterocycles. The molecule has 2 aromatic carbocycles. The lowest BCUT2D eigenvalue weighted by Gasteiger charge is -2.46. The molecule has 0 aromatic heterocycles. The molecule has 5 atom stereocenters. The van der Waals surface area contributed by atoms with E-state index in [1.807, 2.05) is 12.1 Å². The van der Waals surface area contributed by atoms with Crippen LogP contribution in [0.2, 0.25) is 0 Å². The molecule has 3 N–H and O–H groups in total. The molecule has 3 nitrogen and oxygen atoms in total. The Hall–Kier alpha value is -1.58. The lowest BCUT2D eigenvalue weighted by atomic mass is 9.60. The smallest absolute Gasteiger partial charge is 0.116 e. The predicted octanol–water partition coefficient (Wildman–Crippen LogP) is 3.40. The second-order valence-electron chi connectivity index (χ2n) is 8.43. The second kappa shape index (κ2) is 3.73. The largest absolute Gasteiger partial charge is 0.508 e. The van der Waals surface area contributed by atoms with E-state index >= 15 is 0 Å². The standard InChI is InChI=1S/C20H22O3/c1-18-9-16(23)19(2)8-15(22)17-13-5-4-12(21)7-11(13)3-6-14(17)20(18,19)10-18/h3-7,15-16,21-23H,8-10H2,1-2H3/t15-,16-,18+,19+,20+/m0/s1. The van der Waals surface area contributed by atoms with Crippen LogP contribution in [0.25, 0.3) is 10.8 Å². The number of hydrogen-bond acceptors (Lipinski definition) is 3. The summed E-state index contributed by atoms with van der Waals surface area (Å²) in [4.78, 5) is 0. The summed E-state index contributed by atoms with van der Waals surface area (Å²) in [7, 11) is 0. The normalized spacial score (nSPS) is 43.8. The van der Waals surface area contributed by atoms with E-state index in [0.29, 0.717) is 6.42 Å². The van der Waals surface area contributed by atoms with E-state index in [0.717, 1.165) is 29.2 Å². The Kier molecular flexibility index (Phi) is 2.24. The van der Waals surface area contributed by atoms with Crippen LogP contribution < -0.4 is 0 Å². The van der Waals surface area contributed by atoms with Gasteiger partial charge >= 0.3 is 0 Å². The number of hydrogen-bond donors (Lipinski definition) is 3. The maximum Gasteiger partial charge on any atom is 0.116 e. The number of phenols is 1. The minimum absolute atomic E-state index is 0.0138. The third-order valence-electron chi connectivity index (χ3n) is 7.37. The van der Waals surface area contributed by atoms with Gasteiger partial charge in [-0.2, -0.15) is 0 Å². The summed E-state index contributed by atoms with van der Waals surface area (Å²) in [5, 5.41) is 33.3. The molecule has 0 unspecified atom stereocenters. The van der Waals surface area contributed by atoms with Crippen molar-refractivity contribution in [2.45, 2.75) is 50.7 Å². The van der Waals surface area contributed by atoms with E-state index in [-0.39, 0.29) is 28.1 Å². The minimum Gasteiger partial charge on any atom is -0.508 e. The van der Waals surface area contributed by atoms with Gasteiger partial charge in [-0.15, -0.1) is 0 Å². The van der Waals surface area contributed by atoms with Gasteiger partial charge in [0.1, 0.15) is 5.75 Å². The van der Waals surface area contributed by atoms with E-state index < -0.39 is 6.10 Å².